The first-order valence-electron chi connectivity index (χ1n) is 3.38. The Morgan fingerprint density at radius 1 is 1.73 bits per heavy atom. The maximum Gasteiger partial charge on any atom is 0.365 e. The molecular weight excluding hydrogens is 144 g/mol. The minimum atomic E-state index is -0.344. The monoisotopic (exact) mass is 154 g/mol. The maximum atomic E-state index is 10.9. The van der Waals surface area contributed by atoms with Gasteiger partial charge < -0.3 is 5.32 Å². The molecule has 0 aliphatic rings. The molecule has 0 aliphatic heterocycles. The number of nitrogens with one attached hydrogen (secondary N) is 1. The van der Waals surface area contributed by atoms with E-state index in [-0.39, 0.29) is 5.69 Å². The lowest BCUT2D eigenvalue weighted by Crippen LogP contribution is -2.23. The Balaban J connectivity index is 2.96. The average Bonchev–Trinajstić information content (AvgIpc) is 1.98. The van der Waals surface area contributed by atoms with Gasteiger partial charge in [-0.25, -0.2) is 9.48 Å². The van der Waals surface area contributed by atoms with Gasteiger partial charge in [-0.1, -0.05) is 0 Å². The number of anilines is 1. The summed E-state index contributed by atoms with van der Waals surface area (Å²) >= 11 is 0. The Labute approximate surface area is 64.1 Å². The van der Waals surface area contributed by atoms with E-state index in [1.807, 2.05) is 6.92 Å². The molecule has 5 heteroatoms. The molecule has 1 aromatic rings. The van der Waals surface area contributed by atoms with Crippen LogP contribution in [0.4, 0.5) is 5.82 Å². The molecular formula is C6H10N4O. The second-order valence-electron chi connectivity index (χ2n) is 2.08. The van der Waals surface area contributed by atoms with Gasteiger partial charge in [0.05, 0.1) is 6.20 Å². The van der Waals surface area contributed by atoms with Crippen LogP contribution >= 0.6 is 0 Å². The summed E-state index contributed by atoms with van der Waals surface area (Å²) in [7, 11) is 1.56. The van der Waals surface area contributed by atoms with Crippen molar-refractivity contribution in [3.63, 3.8) is 0 Å². The predicted octanol–water partition coefficient (Wildman–Crippen LogP) is -0.393. The fourth-order valence-corrected chi connectivity index (χ4v) is 0.661. The standard InChI is InChI=1S/C6H10N4O/c1-3-7-5-4-8-10(2)6(11)9-5/h4H,3H2,1-2H3,(H,7,9,11). The summed E-state index contributed by atoms with van der Waals surface area (Å²) in [6, 6.07) is 0. The predicted molar refractivity (Wildman–Crippen MR) is 41.4 cm³/mol. The molecule has 0 atom stereocenters. The smallest absolute Gasteiger partial charge is 0.365 e. The summed E-state index contributed by atoms with van der Waals surface area (Å²) in [5.41, 5.74) is -0.344. The van der Waals surface area contributed by atoms with Crippen molar-refractivity contribution in [2.75, 3.05) is 11.9 Å². The van der Waals surface area contributed by atoms with Gasteiger partial charge in [0.25, 0.3) is 0 Å². The van der Waals surface area contributed by atoms with E-state index in [0.29, 0.717) is 5.82 Å². The van der Waals surface area contributed by atoms with Gasteiger partial charge in [0.1, 0.15) is 0 Å². The Morgan fingerprint density at radius 3 is 3.00 bits per heavy atom. The molecule has 5 nitrogen and oxygen atoms in total. The molecule has 0 fully saturated rings. The first-order valence-corrected chi connectivity index (χ1v) is 3.38. The van der Waals surface area contributed by atoms with Crippen molar-refractivity contribution < 1.29 is 0 Å². The molecule has 0 aromatic carbocycles. The first-order chi connectivity index (χ1) is 5.24. The third kappa shape index (κ3) is 1.76. The number of hydrogen-bond donors (Lipinski definition) is 1. The van der Waals surface area contributed by atoms with Gasteiger partial charge in [-0.15, -0.1) is 0 Å². The fraction of sp³-hybridized carbons (Fsp3) is 0.500. The molecule has 0 unspecified atom stereocenters. The van der Waals surface area contributed by atoms with Crippen LogP contribution < -0.4 is 11.0 Å². The highest BCUT2D eigenvalue weighted by atomic mass is 16.1. The van der Waals surface area contributed by atoms with Crippen LogP contribution in [-0.4, -0.2) is 21.3 Å². The molecule has 0 spiro atoms. The summed E-state index contributed by atoms with van der Waals surface area (Å²) in [6.45, 7) is 2.67. The van der Waals surface area contributed by atoms with Crippen molar-refractivity contribution in [1.82, 2.24) is 14.8 Å². The molecule has 1 heterocycles. The molecule has 0 saturated heterocycles. The summed E-state index contributed by atoms with van der Waals surface area (Å²) in [5.74, 6) is 0.524. The summed E-state index contributed by atoms with van der Waals surface area (Å²) in [6.07, 6.45) is 1.52. The van der Waals surface area contributed by atoms with Crippen LogP contribution in [0.15, 0.2) is 11.0 Å². The van der Waals surface area contributed by atoms with E-state index >= 15 is 0 Å². The van der Waals surface area contributed by atoms with Gasteiger partial charge in [0.15, 0.2) is 5.82 Å². The zero-order valence-electron chi connectivity index (χ0n) is 6.53. The first kappa shape index (κ1) is 7.71. The van der Waals surface area contributed by atoms with Gasteiger partial charge >= 0.3 is 5.69 Å². The number of aromatic nitrogens is 3. The highest BCUT2D eigenvalue weighted by Crippen LogP contribution is 1.91. The minimum absolute atomic E-state index is 0.344. The zero-order valence-corrected chi connectivity index (χ0v) is 6.53. The molecule has 0 amide bonds. The molecule has 0 bridgehead atoms. The summed E-state index contributed by atoms with van der Waals surface area (Å²) in [4.78, 5) is 14.6. The zero-order chi connectivity index (χ0) is 8.27. The second kappa shape index (κ2) is 3.14. The Hall–Kier alpha value is -1.39. The maximum absolute atomic E-state index is 10.9. The van der Waals surface area contributed by atoms with E-state index in [4.69, 9.17) is 0 Å². The number of nitrogens with zero attached hydrogens (tertiary/aromatic N) is 3. The quantitative estimate of drug-likeness (QED) is 0.630. The van der Waals surface area contributed by atoms with Crippen molar-refractivity contribution in [3.05, 3.63) is 16.7 Å². The largest absolute Gasteiger partial charge is 0.369 e. The van der Waals surface area contributed by atoms with E-state index in [0.717, 1.165) is 6.54 Å². The molecule has 11 heavy (non-hydrogen) atoms. The van der Waals surface area contributed by atoms with Crippen LogP contribution in [0.5, 0.6) is 0 Å². The van der Waals surface area contributed by atoms with Crippen molar-refractivity contribution in [3.8, 4) is 0 Å². The van der Waals surface area contributed by atoms with Crippen LogP contribution in [0.3, 0.4) is 0 Å². The van der Waals surface area contributed by atoms with Gasteiger partial charge in [-0.3, -0.25) is 0 Å². The molecule has 0 radical (unpaired) electrons. The Bertz CT molecular complexity index is 293. The van der Waals surface area contributed by atoms with Crippen LogP contribution in [-0.2, 0) is 7.05 Å². The summed E-state index contributed by atoms with van der Waals surface area (Å²) < 4.78 is 1.18. The Kier molecular flexibility index (Phi) is 2.20. The SMILES string of the molecule is CCNc1cnn(C)c(=O)n1. The molecule has 1 rings (SSSR count). The average molecular weight is 154 g/mol. The highest BCUT2D eigenvalue weighted by Gasteiger charge is 1.94. The molecule has 1 N–H and O–H groups in total. The van der Waals surface area contributed by atoms with Crippen molar-refractivity contribution in [1.29, 1.82) is 0 Å². The fourth-order valence-electron chi connectivity index (χ4n) is 0.661. The number of rotatable bonds is 2. The van der Waals surface area contributed by atoms with Crippen molar-refractivity contribution in [2.24, 2.45) is 7.05 Å². The van der Waals surface area contributed by atoms with Gasteiger partial charge in [0, 0.05) is 13.6 Å². The van der Waals surface area contributed by atoms with Crippen LogP contribution in [0.25, 0.3) is 0 Å². The highest BCUT2D eigenvalue weighted by molar-refractivity contribution is 5.28. The van der Waals surface area contributed by atoms with Gasteiger partial charge in [0.2, 0.25) is 0 Å². The number of aryl methyl sites for hydroxylation is 1. The van der Waals surface area contributed by atoms with Crippen molar-refractivity contribution >= 4 is 5.82 Å². The van der Waals surface area contributed by atoms with E-state index in [1.54, 1.807) is 7.05 Å². The molecule has 1 aromatic heterocycles. The third-order valence-corrected chi connectivity index (χ3v) is 1.20. The van der Waals surface area contributed by atoms with Crippen LogP contribution in [0.2, 0.25) is 0 Å². The normalized spacial score (nSPS) is 9.64. The van der Waals surface area contributed by atoms with Crippen molar-refractivity contribution in [2.45, 2.75) is 6.92 Å². The van der Waals surface area contributed by atoms with Crippen LogP contribution in [0, 0.1) is 0 Å². The third-order valence-electron chi connectivity index (χ3n) is 1.20. The summed E-state index contributed by atoms with van der Waals surface area (Å²) in [5, 5.41) is 6.67. The molecule has 0 aliphatic carbocycles. The topological polar surface area (TPSA) is 59.8 Å². The molecule has 60 valence electrons. The van der Waals surface area contributed by atoms with Crippen LogP contribution in [0.1, 0.15) is 6.92 Å². The lowest BCUT2D eigenvalue weighted by molar-refractivity contribution is 0.675. The van der Waals surface area contributed by atoms with E-state index < -0.39 is 0 Å². The Morgan fingerprint density at radius 2 is 2.45 bits per heavy atom. The lowest BCUT2D eigenvalue weighted by atomic mass is 10.6. The second-order valence-corrected chi connectivity index (χ2v) is 2.08. The minimum Gasteiger partial charge on any atom is -0.369 e. The lowest BCUT2D eigenvalue weighted by Gasteiger charge is -1.99. The van der Waals surface area contributed by atoms with Gasteiger partial charge in [-0.05, 0) is 6.92 Å². The molecule has 0 saturated carbocycles. The van der Waals surface area contributed by atoms with Gasteiger partial charge in [-0.2, -0.15) is 10.1 Å². The van der Waals surface area contributed by atoms with E-state index in [2.05, 4.69) is 15.4 Å². The number of hydrogen-bond acceptors (Lipinski definition) is 4. The van der Waals surface area contributed by atoms with E-state index in [1.165, 1.54) is 10.9 Å². The van der Waals surface area contributed by atoms with E-state index in [9.17, 15) is 4.79 Å².